The minimum atomic E-state index is -1.39. The van der Waals surface area contributed by atoms with E-state index in [9.17, 15) is 18.4 Å². The van der Waals surface area contributed by atoms with Crippen molar-refractivity contribution in [2.24, 2.45) is 0 Å². The van der Waals surface area contributed by atoms with Gasteiger partial charge in [-0.3, -0.25) is 4.79 Å². The molecular formula is C15H11F2NO3. The number of halogens is 2. The Bertz CT molecular complexity index is 729. The molecule has 21 heavy (non-hydrogen) atoms. The molecule has 0 spiro atoms. The molecule has 0 bridgehead atoms. The lowest BCUT2D eigenvalue weighted by molar-refractivity contribution is 0.0692. The van der Waals surface area contributed by atoms with Gasteiger partial charge in [0.05, 0.1) is 5.56 Å². The maximum atomic E-state index is 13.5. The summed E-state index contributed by atoms with van der Waals surface area (Å²) in [7, 11) is 0. The van der Waals surface area contributed by atoms with Crippen molar-refractivity contribution in [1.82, 2.24) is 0 Å². The summed E-state index contributed by atoms with van der Waals surface area (Å²) in [5.74, 6) is -3.31. The van der Waals surface area contributed by atoms with E-state index < -0.39 is 29.1 Å². The topological polar surface area (TPSA) is 66.4 Å². The summed E-state index contributed by atoms with van der Waals surface area (Å²) in [4.78, 5) is 22.6. The fourth-order valence-corrected chi connectivity index (χ4v) is 1.76. The van der Waals surface area contributed by atoms with Crippen molar-refractivity contribution in [2.75, 3.05) is 5.32 Å². The molecule has 0 atom stereocenters. The van der Waals surface area contributed by atoms with E-state index in [0.717, 1.165) is 12.1 Å². The highest BCUT2D eigenvalue weighted by Crippen LogP contribution is 2.16. The highest BCUT2D eigenvalue weighted by molar-refractivity contribution is 6.04. The first-order valence-corrected chi connectivity index (χ1v) is 5.99. The van der Waals surface area contributed by atoms with Crippen molar-refractivity contribution in [2.45, 2.75) is 6.92 Å². The van der Waals surface area contributed by atoms with Crippen LogP contribution in [0.1, 0.15) is 26.3 Å². The van der Waals surface area contributed by atoms with Crippen LogP contribution in [0, 0.1) is 18.6 Å². The van der Waals surface area contributed by atoms with Gasteiger partial charge in [0.15, 0.2) is 0 Å². The predicted octanol–water partition coefficient (Wildman–Crippen LogP) is 3.22. The molecule has 0 aliphatic heterocycles. The second-order valence-corrected chi connectivity index (χ2v) is 4.42. The summed E-state index contributed by atoms with van der Waals surface area (Å²) < 4.78 is 26.6. The first-order chi connectivity index (χ1) is 9.88. The van der Waals surface area contributed by atoms with Gasteiger partial charge < -0.3 is 10.4 Å². The Balaban J connectivity index is 2.21. The van der Waals surface area contributed by atoms with Crippen molar-refractivity contribution >= 4 is 17.6 Å². The highest BCUT2D eigenvalue weighted by Gasteiger charge is 2.13. The predicted molar refractivity (Wildman–Crippen MR) is 72.4 cm³/mol. The van der Waals surface area contributed by atoms with E-state index >= 15 is 0 Å². The molecule has 0 aromatic heterocycles. The molecule has 0 unspecified atom stereocenters. The number of benzene rings is 2. The molecule has 6 heteroatoms. The van der Waals surface area contributed by atoms with Gasteiger partial charge in [-0.25, -0.2) is 13.6 Å². The van der Waals surface area contributed by atoms with Crippen LogP contribution in [0.3, 0.4) is 0 Å². The van der Waals surface area contributed by atoms with Crippen LogP contribution >= 0.6 is 0 Å². The third-order valence-electron chi connectivity index (χ3n) is 2.88. The third kappa shape index (κ3) is 3.22. The van der Waals surface area contributed by atoms with E-state index in [4.69, 9.17) is 5.11 Å². The van der Waals surface area contributed by atoms with Crippen LogP contribution in [0.25, 0.3) is 0 Å². The number of carbonyl (C=O) groups is 2. The molecule has 0 saturated heterocycles. The van der Waals surface area contributed by atoms with E-state index in [0.29, 0.717) is 5.56 Å². The number of aromatic carboxylic acids is 1. The van der Waals surface area contributed by atoms with Crippen molar-refractivity contribution in [1.29, 1.82) is 0 Å². The molecular weight excluding hydrogens is 280 g/mol. The lowest BCUT2D eigenvalue weighted by Gasteiger charge is -2.07. The fourth-order valence-electron chi connectivity index (χ4n) is 1.76. The van der Waals surface area contributed by atoms with Crippen LogP contribution in [0.15, 0.2) is 36.4 Å². The van der Waals surface area contributed by atoms with E-state index in [1.807, 2.05) is 0 Å². The molecule has 0 radical (unpaired) electrons. The molecule has 2 rings (SSSR count). The van der Waals surface area contributed by atoms with Gasteiger partial charge in [-0.2, -0.15) is 0 Å². The van der Waals surface area contributed by atoms with Gasteiger partial charge in [-0.1, -0.05) is 0 Å². The lowest BCUT2D eigenvalue weighted by Crippen LogP contribution is -2.13. The summed E-state index contributed by atoms with van der Waals surface area (Å²) >= 11 is 0. The average molecular weight is 291 g/mol. The van der Waals surface area contributed by atoms with Crippen LogP contribution in [-0.2, 0) is 0 Å². The average Bonchev–Trinajstić information content (AvgIpc) is 2.41. The number of hydrogen-bond acceptors (Lipinski definition) is 2. The van der Waals surface area contributed by atoms with E-state index in [-0.39, 0.29) is 11.3 Å². The van der Waals surface area contributed by atoms with E-state index in [1.54, 1.807) is 0 Å². The highest BCUT2D eigenvalue weighted by atomic mass is 19.1. The number of anilines is 1. The molecule has 2 aromatic rings. The number of carboxylic acids is 1. The Hall–Kier alpha value is -2.76. The SMILES string of the molecule is Cc1cc(C(=O)Nc2ccc(C(=O)O)c(F)c2)ccc1F. The number of aryl methyl sites for hydroxylation is 1. The van der Waals surface area contributed by atoms with Gasteiger partial charge in [0.25, 0.3) is 5.91 Å². The van der Waals surface area contributed by atoms with Gasteiger partial charge in [0.2, 0.25) is 0 Å². The molecule has 0 saturated carbocycles. The quantitative estimate of drug-likeness (QED) is 0.912. The Morgan fingerprint density at radius 2 is 1.76 bits per heavy atom. The number of amides is 1. The summed E-state index contributed by atoms with van der Waals surface area (Å²) in [6.45, 7) is 1.52. The van der Waals surface area contributed by atoms with Gasteiger partial charge in [0, 0.05) is 11.3 Å². The summed E-state index contributed by atoms with van der Waals surface area (Å²) in [5, 5.41) is 11.1. The third-order valence-corrected chi connectivity index (χ3v) is 2.88. The van der Waals surface area contributed by atoms with Gasteiger partial charge in [-0.05, 0) is 48.9 Å². The van der Waals surface area contributed by atoms with Crippen LogP contribution in [0.5, 0.6) is 0 Å². The van der Waals surface area contributed by atoms with Gasteiger partial charge in [-0.15, -0.1) is 0 Å². The monoisotopic (exact) mass is 291 g/mol. The first-order valence-electron chi connectivity index (χ1n) is 5.99. The van der Waals surface area contributed by atoms with Gasteiger partial charge >= 0.3 is 5.97 Å². The van der Waals surface area contributed by atoms with Crippen molar-refractivity contribution < 1.29 is 23.5 Å². The lowest BCUT2D eigenvalue weighted by atomic mass is 10.1. The normalized spacial score (nSPS) is 10.2. The second kappa shape index (κ2) is 5.70. The van der Waals surface area contributed by atoms with Crippen molar-refractivity contribution in [3.8, 4) is 0 Å². The second-order valence-electron chi connectivity index (χ2n) is 4.42. The minimum Gasteiger partial charge on any atom is -0.478 e. The van der Waals surface area contributed by atoms with Crippen molar-refractivity contribution in [3.05, 3.63) is 64.7 Å². The molecule has 0 heterocycles. The Kier molecular flexibility index (Phi) is 3.98. The van der Waals surface area contributed by atoms with Crippen LogP contribution in [-0.4, -0.2) is 17.0 Å². The maximum absolute atomic E-state index is 13.5. The first kappa shape index (κ1) is 14.6. The fraction of sp³-hybridized carbons (Fsp3) is 0.0667. The zero-order chi connectivity index (χ0) is 15.6. The van der Waals surface area contributed by atoms with Crippen LogP contribution in [0.2, 0.25) is 0 Å². The summed E-state index contributed by atoms with van der Waals surface area (Å²) in [5.41, 5.74) is 0.168. The molecule has 2 aromatic carbocycles. The number of carbonyl (C=O) groups excluding carboxylic acids is 1. The van der Waals surface area contributed by atoms with Crippen LogP contribution < -0.4 is 5.32 Å². The number of carboxylic acid groups (broad SMARTS) is 1. The number of nitrogens with one attached hydrogen (secondary N) is 1. The standard InChI is InChI=1S/C15H11F2NO3/c1-8-6-9(2-5-12(8)16)14(19)18-10-3-4-11(15(20)21)13(17)7-10/h2-7H,1H3,(H,18,19)(H,20,21). The molecule has 108 valence electrons. The van der Waals surface area contributed by atoms with E-state index in [1.165, 1.54) is 31.2 Å². The molecule has 4 nitrogen and oxygen atoms in total. The van der Waals surface area contributed by atoms with Crippen molar-refractivity contribution in [3.63, 3.8) is 0 Å². The Morgan fingerprint density at radius 3 is 2.33 bits per heavy atom. The zero-order valence-electron chi connectivity index (χ0n) is 11.0. The molecule has 0 aliphatic rings. The summed E-state index contributed by atoms with van der Waals surface area (Å²) in [6, 6.07) is 7.09. The van der Waals surface area contributed by atoms with Crippen LogP contribution in [0.4, 0.5) is 14.5 Å². The maximum Gasteiger partial charge on any atom is 0.338 e. The van der Waals surface area contributed by atoms with E-state index in [2.05, 4.69) is 5.32 Å². The zero-order valence-corrected chi connectivity index (χ0v) is 11.0. The minimum absolute atomic E-state index is 0.115. The van der Waals surface area contributed by atoms with Gasteiger partial charge in [0.1, 0.15) is 11.6 Å². The smallest absolute Gasteiger partial charge is 0.338 e. The molecule has 0 fully saturated rings. The molecule has 0 aliphatic carbocycles. The summed E-state index contributed by atoms with van der Waals surface area (Å²) in [6.07, 6.45) is 0. The number of hydrogen-bond donors (Lipinski definition) is 2. The Labute approximate surface area is 119 Å². The Morgan fingerprint density at radius 1 is 1.05 bits per heavy atom. The molecule has 1 amide bonds. The molecule has 2 N–H and O–H groups in total. The largest absolute Gasteiger partial charge is 0.478 e. The number of rotatable bonds is 3.